The normalized spacial score (nSPS) is 15.1. The van der Waals surface area contributed by atoms with Crippen molar-refractivity contribution in [1.82, 2.24) is 0 Å². The van der Waals surface area contributed by atoms with Crippen molar-refractivity contribution in [3.05, 3.63) is 92.1 Å². The molecule has 8 heteroatoms. The van der Waals surface area contributed by atoms with E-state index >= 15 is 0 Å². The quantitative estimate of drug-likeness (QED) is 0.225. The summed E-state index contributed by atoms with van der Waals surface area (Å²) in [5, 5.41) is 10.4. The van der Waals surface area contributed by atoms with Crippen molar-refractivity contribution in [2.75, 3.05) is 0 Å². The summed E-state index contributed by atoms with van der Waals surface area (Å²) in [6, 6.07) is 14.9. The van der Waals surface area contributed by atoms with E-state index < -0.39 is 32.3 Å². The SMILES string of the molecule is CC1=C(C)[C]([Ti+3])([Si](c2c(C)ccc(C)c2[Si](C)(C)C)(c2c(C)ccc(C)c2[Si](C)(C)C)c2c(C)ccc(C)c2[Si](C)(C)C)C(C)=C1C.[Cl-].[Cl-].[Cl-]. The van der Waals surface area contributed by atoms with E-state index in [0.29, 0.717) is 0 Å². The number of allylic oxidation sites excluding steroid dienone is 4. The van der Waals surface area contributed by atoms with Crippen LogP contribution < -0.4 is 68.3 Å². The second-order valence-electron chi connectivity index (χ2n) is 18.1. The third-order valence-electron chi connectivity index (χ3n) is 11.6. The Morgan fingerprint density at radius 1 is 0.360 bits per heavy atom. The van der Waals surface area contributed by atoms with Gasteiger partial charge in [-0.3, -0.25) is 0 Å². The standard InChI is InChI=1S/C42H63Si4.3ClH.Ti/c1-26-20-23-29(4)39(36(26)43(11,12)13)46(42-34(9)32(7)33(8)35(42)10,40-30(5)24-21-27(2)37(40)44(14,15)16)41-31(6)25-22-28(3)38(41)45(17,18)19;;;;/h20-25H,1-19H3;3*1H;/q;;;;+3/p-3. The molecule has 0 heterocycles. The molecule has 0 unspecified atom stereocenters. The van der Waals surface area contributed by atoms with Crippen molar-refractivity contribution in [1.29, 1.82) is 0 Å². The van der Waals surface area contributed by atoms with E-state index in [1.807, 2.05) is 0 Å². The molecule has 3 aromatic carbocycles. The topological polar surface area (TPSA) is 0 Å². The molecular formula is C42H63Cl3Si4Ti. The molecule has 0 spiro atoms. The fourth-order valence-corrected chi connectivity index (χ4v) is 30.8. The van der Waals surface area contributed by atoms with Gasteiger partial charge in [0, 0.05) is 0 Å². The van der Waals surface area contributed by atoms with E-state index in [0.717, 1.165) is 0 Å². The van der Waals surface area contributed by atoms with Gasteiger partial charge in [0.15, 0.2) is 0 Å². The van der Waals surface area contributed by atoms with Crippen molar-refractivity contribution in [2.45, 2.75) is 132 Å². The number of benzene rings is 3. The Labute approximate surface area is 341 Å². The van der Waals surface area contributed by atoms with Crippen LogP contribution >= 0.6 is 0 Å². The van der Waals surface area contributed by atoms with Crippen LogP contribution in [-0.2, 0) is 20.4 Å². The Kier molecular flexibility index (Phi) is 15.0. The van der Waals surface area contributed by atoms with Crippen LogP contribution in [0.3, 0.4) is 0 Å². The van der Waals surface area contributed by atoms with Gasteiger partial charge < -0.3 is 37.2 Å². The molecule has 272 valence electrons. The molecule has 0 N–H and O–H groups in total. The smallest absolute Gasteiger partial charge is 1.00 e. The van der Waals surface area contributed by atoms with E-state index in [-0.39, 0.29) is 40.6 Å². The maximum Gasteiger partial charge on any atom is -1.00 e. The van der Waals surface area contributed by atoms with Gasteiger partial charge in [-0.05, 0) is 0 Å². The molecule has 0 aromatic heterocycles. The first-order valence-electron chi connectivity index (χ1n) is 17.7. The zero-order chi connectivity index (χ0) is 36.0. The van der Waals surface area contributed by atoms with Gasteiger partial charge in [0.05, 0.1) is 0 Å². The zero-order valence-electron chi connectivity index (χ0n) is 34.6. The van der Waals surface area contributed by atoms with Gasteiger partial charge in [-0.2, -0.15) is 0 Å². The molecule has 4 rings (SSSR count). The number of hydrogen-bond acceptors (Lipinski definition) is 0. The molecule has 0 nitrogen and oxygen atoms in total. The maximum atomic E-state index is 2.73. The van der Waals surface area contributed by atoms with Crippen LogP contribution in [0.5, 0.6) is 0 Å². The average molecular weight is 835 g/mol. The van der Waals surface area contributed by atoms with E-state index in [1.54, 1.807) is 42.3 Å². The van der Waals surface area contributed by atoms with E-state index in [2.05, 4.69) is 185 Å². The zero-order valence-corrected chi connectivity index (χ0v) is 42.4. The van der Waals surface area contributed by atoms with Gasteiger partial charge in [0.25, 0.3) is 0 Å². The molecule has 0 saturated heterocycles. The summed E-state index contributed by atoms with van der Waals surface area (Å²) in [6.45, 7) is 48.1. The molecule has 0 radical (unpaired) electrons. The monoisotopic (exact) mass is 832 g/mol. The first-order valence-corrected chi connectivity index (χ1v) is 31.0. The number of aryl methyl sites for hydroxylation is 6. The van der Waals surface area contributed by atoms with E-state index in [1.165, 1.54) is 44.5 Å². The van der Waals surface area contributed by atoms with Crippen LogP contribution in [-0.4, -0.2) is 32.3 Å². The Morgan fingerprint density at radius 2 is 0.540 bits per heavy atom. The largest absolute Gasteiger partial charge is 1.00 e. The third-order valence-corrected chi connectivity index (χ3v) is 27.8. The van der Waals surface area contributed by atoms with Crippen LogP contribution in [0.4, 0.5) is 0 Å². The summed E-state index contributed by atoms with van der Waals surface area (Å²) in [4.78, 5) is 0. The summed E-state index contributed by atoms with van der Waals surface area (Å²) in [6.07, 6.45) is 0. The van der Waals surface area contributed by atoms with Crippen LogP contribution in [0, 0.1) is 41.5 Å². The van der Waals surface area contributed by atoms with Crippen LogP contribution in [0.25, 0.3) is 0 Å². The summed E-state index contributed by atoms with van der Waals surface area (Å²) in [5.74, 6) is 0. The van der Waals surface area contributed by atoms with E-state index in [4.69, 9.17) is 0 Å². The fraction of sp³-hybridized carbons (Fsp3) is 0.476. The van der Waals surface area contributed by atoms with Gasteiger partial charge in [0.2, 0.25) is 0 Å². The third kappa shape index (κ3) is 7.22. The first-order chi connectivity index (χ1) is 21.3. The van der Waals surface area contributed by atoms with Crippen LogP contribution in [0.1, 0.15) is 61.1 Å². The minimum absolute atomic E-state index is 0. The molecule has 3 aromatic rings. The number of hydrogen-bond donors (Lipinski definition) is 0. The van der Waals surface area contributed by atoms with Gasteiger partial charge in [0.1, 0.15) is 0 Å². The molecule has 0 fully saturated rings. The van der Waals surface area contributed by atoms with Gasteiger partial charge >= 0.3 is 307 Å². The predicted octanol–water partition coefficient (Wildman–Crippen LogP) is -0.414. The van der Waals surface area contributed by atoms with Crippen molar-refractivity contribution in [3.63, 3.8) is 0 Å². The van der Waals surface area contributed by atoms with Gasteiger partial charge in [-0.1, -0.05) is 0 Å². The molecule has 0 bridgehead atoms. The van der Waals surface area contributed by atoms with Crippen molar-refractivity contribution in [2.24, 2.45) is 0 Å². The summed E-state index contributed by atoms with van der Waals surface area (Å²) < 4.78 is -0.131. The minimum Gasteiger partial charge on any atom is -1.00 e. The predicted molar refractivity (Wildman–Crippen MR) is 221 cm³/mol. The molecular weight excluding hydrogens is 771 g/mol. The van der Waals surface area contributed by atoms with E-state index in [9.17, 15) is 0 Å². The van der Waals surface area contributed by atoms with Crippen molar-refractivity contribution >= 4 is 63.4 Å². The first kappa shape index (κ1) is 47.6. The number of halogens is 3. The second kappa shape index (κ2) is 15.8. The Morgan fingerprint density at radius 3 is 0.720 bits per heavy atom. The Balaban J connectivity index is 0.00000417. The minimum atomic E-state index is -3.03. The summed E-state index contributed by atoms with van der Waals surface area (Å²) >= 11 is 2.73. The van der Waals surface area contributed by atoms with Crippen molar-refractivity contribution in [3.8, 4) is 0 Å². The van der Waals surface area contributed by atoms with Gasteiger partial charge in [-0.25, -0.2) is 0 Å². The average Bonchev–Trinajstić information content (AvgIpc) is 3.08. The molecule has 0 saturated carbocycles. The van der Waals surface area contributed by atoms with Gasteiger partial charge in [-0.15, -0.1) is 0 Å². The molecule has 0 amide bonds. The maximum absolute atomic E-state index is 3.03. The molecule has 50 heavy (non-hydrogen) atoms. The Hall–Kier alpha value is -0.408. The molecule has 1 aliphatic rings. The summed E-state index contributed by atoms with van der Waals surface area (Å²) in [5.41, 5.74) is 15.3. The second-order valence-corrected chi connectivity index (χ2v) is 38.8. The number of rotatable bonds is 7. The van der Waals surface area contributed by atoms with Crippen LogP contribution in [0.2, 0.25) is 62.3 Å². The summed E-state index contributed by atoms with van der Waals surface area (Å²) in [7, 11) is -8.59. The molecule has 0 atom stereocenters. The molecule has 1 aliphatic carbocycles. The Bertz CT molecular complexity index is 1660. The van der Waals surface area contributed by atoms with Crippen molar-refractivity contribution < 1.29 is 57.7 Å². The molecule has 0 aliphatic heterocycles. The van der Waals surface area contributed by atoms with Crippen LogP contribution in [0.15, 0.2) is 58.7 Å². The fourth-order valence-electron chi connectivity index (χ4n) is 9.69.